The fourth-order valence-corrected chi connectivity index (χ4v) is 2.66. The molecule has 26 heavy (non-hydrogen) atoms. The van der Waals surface area contributed by atoms with Crippen molar-refractivity contribution in [1.29, 1.82) is 0 Å². The van der Waals surface area contributed by atoms with Crippen molar-refractivity contribution in [3.05, 3.63) is 53.8 Å². The first-order valence-electron chi connectivity index (χ1n) is 8.22. The van der Waals surface area contributed by atoms with Crippen LogP contribution in [0.4, 0.5) is 10.1 Å². The molecule has 0 unspecified atom stereocenters. The van der Waals surface area contributed by atoms with Gasteiger partial charge in [-0.1, -0.05) is 18.2 Å². The Balaban J connectivity index is 1.58. The number of nitrogens with one attached hydrogen (secondary N) is 1. The first-order valence-corrected chi connectivity index (χ1v) is 8.22. The maximum Gasteiger partial charge on any atom is 0.231 e. The minimum atomic E-state index is -0.362. The third-order valence-corrected chi connectivity index (χ3v) is 4.04. The highest BCUT2D eigenvalue weighted by Crippen LogP contribution is 2.35. The van der Waals surface area contributed by atoms with E-state index >= 15 is 0 Å². The zero-order valence-corrected chi connectivity index (χ0v) is 14.3. The van der Waals surface area contributed by atoms with Crippen LogP contribution < -0.4 is 19.7 Å². The third kappa shape index (κ3) is 4.11. The molecule has 3 rings (SSSR count). The van der Waals surface area contributed by atoms with E-state index in [1.807, 2.05) is 0 Å². The van der Waals surface area contributed by atoms with Crippen LogP contribution in [0.3, 0.4) is 0 Å². The molecule has 0 bridgehead atoms. The molecule has 0 spiro atoms. The fraction of sp³-hybridized carbons (Fsp3) is 0.263. The Hall–Kier alpha value is -3.09. The van der Waals surface area contributed by atoms with Crippen molar-refractivity contribution < 1.29 is 23.5 Å². The number of fused-ring (bicyclic) bond motifs is 1. The Morgan fingerprint density at radius 1 is 1.15 bits per heavy atom. The monoisotopic (exact) mass is 358 g/mol. The lowest BCUT2D eigenvalue weighted by molar-refractivity contribution is -0.121. The number of hydrogen-bond donors (Lipinski definition) is 1. The molecule has 0 aliphatic carbocycles. The summed E-state index contributed by atoms with van der Waals surface area (Å²) in [7, 11) is 0. The third-order valence-electron chi connectivity index (χ3n) is 4.04. The van der Waals surface area contributed by atoms with E-state index in [0.29, 0.717) is 22.7 Å². The van der Waals surface area contributed by atoms with Gasteiger partial charge in [0.1, 0.15) is 5.82 Å². The predicted octanol–water partition coefficient (Wildman–Crippen LogP) is 2.61. The maximum atomic E-state index is 13.6. The van der Waals surface area contributed by atoms with Crippen LogP contribution in [0.5, 0.6) is 11.5 Å². The Labute approximate surface area is 150 Å². The lowest BCUT2D eigenvalue weighted by atomic mass is 10.2. The molecular weight excluding hydrogens is 339 g/mol. The largest absolute Gasteiger partial charge is 0.454 e. The van der Waals surface area contributed by atoms with Gasteiger partial charge < -0.3 is 19.7 Å². The Morgan fingerprint density at radius 3 is 2.69 bits per heavy atom. The summed E-state index contributed by atoms with van der Waals surface area (Å²) in [4.78, 5) is 25.5. The smallest absolute Gasteiger partial charge is 0.231 e. The number of halogens is 1. The van der Waals surface area contributed by atoms with Crippen molar-refractivity contribution in [2.75, 3.05) is 18.2 Å². The zero-order chi connectivity index (χ0) is 18.5. The summed E-state index contributed by atoms with van der Waals surface area (Å²) >= 11 is 0. The summed E-state index contributed by atoms with van der Waals surface area (Å²) in [6, 6.07) is 11.4. The summed E-state index contributed by atoms with van der Waals surface area (Å²) in [6.45, 7) is 1.90. The van der Waals surface area contributed by atoms with Crippen molar-refractivity contribution in [2.45, 2.75) is 19.9 Å². The van der Waals surface area contributed by atoms with E-state index < -0.39 is 0 Å². The number of nitrogens with zero attached hydrogens (tertiary/aromatic N) is 1. The van der Waals surface area contributed by atoms with Crippen LogP contribution in [0.2, 0.25) is 0 Å². The molecule has 2 amide bonds. The molecule has 1 N–H and O–H groups in total. The second-order valence-corrected chi connectivity index (χ2v) is 5.83. The van der Waals surface area contributed by atoms with Gasteiger partial charge in [-0.05, 0) is 18.2 Å². The second-order valence-electron chi connectivity index (χ2n) is 5.83. The predicted molar refractivity (Wildman–Crippen MR) is 93.5 cm³/mol. The minimum Gasteiger partial charge on any atom is -0.454 e. The molecule has 1 heterocycles. The van der Waals surface area contributed by atoms with Crippen LogP contribution in [-0.2, 0) is 16.1 Å². The Bertz CT molecular complexity index is 825. The number of benzene rings is 2. The second kappa shape index (κ2) is 7.86. The van der Waals surface area contributed by atoms with Crippen molar-refractivity contribution in [1.82, 2.24) is 5.32 Å². The molecule has 0 radical (unpaired) electrons. The van der Waals surface area contributed by atoms with Crippen LogP contribution >= 0.6 is 0 Å². The SMILES string of the molecule is CC(=O)N(CCC(=O)NCc1ccccc1F)c1ccc2c(c1)OCO2. The van der Waals surface area contributed by atoms with Gasteiger partial charge in [0, 0.05) is 43.8 Å². The van der Waals surface area contributed by atoms with Crippen LogP contribution in [-0.4, -0.2) is 25.2 Å². The zero-order valence-electron chi connectivity index (χ0n) is 14.3. The number of amides is 2. The van der Waals surface area contributed by atoms with Crippen LogP contribution in [0, 0.1) is 5.82 Å². The van der Waals surface area contributed by atoms with Gasteiger partial charge in [-0.3, -0.25) is 9.59 Å². The molecule has 0 saturated heterocycles. The van der Waals surface area contributed by atoms with E-state index in [2.05, 4.69) is 5.32 Å². The summed E-state index contributed by atoms with van der Waals surface area (Å²) in [5.41, 5.74) is 1.05. The van der Waals surface area contributed by atoms with Crippen LogP contribution in [0.1, 0.15) is 18.9 Å². The van der Waals surface area contributed by atoms with Crippen LogP contribution in [0.15, 0.2) is 42.5 Å². The molecule has 0 atom stereocenters. The molecule has 2 aromatic carbocycles. The number of anilines is 1. The van der Waals surface area contributed by atoms with E-state index in [4.69, 9.17) is 9.47 Å². The van der Waals surface area contributed by atoms with Crippen molar-refractivity contribution in [3.63, 3.8) is 0 Å². The first-order chi connectivity index (χ1) is 12.5. The number of carbonyl (C=O) groups excluding carboxylic acids is 2. The van der Waals surface area contributed by atoms with Crippen molar-refractivity contribution in [3.8, 4) is 11.5 Å². The van der Waals surface area contributed by atoms with E-state index in [0.717, 1.165) is 0 Å². The van der Waals surface area contributed by atoms with Crippen molar-refractivity contribution >= 4 is 17.5 Å². The van der Waals surface area contributed by atoms with Gasteiger partial charge in [0.2, 0.25) is 18.6 Å². The van der Waals surface area contributed by atoms with Gasteiger partial charge in [-0.2, -0.15) is 0 Å². The average Bonchev–Trinajstić information content (AvgIpc) is 3.09. The van der Waals surface area contributed by atoms with Gasteiger partial charge in [-0.25, -0.2) is 4.39 Å². The normalized spacial score (nSPS) is 11.9. The molecule has 1 aliphatic rings. The van der Waals surface area contributed by atoms with Gasteiger partial charge in [0.05, 0.1) is 0 Å². The van der Waals surface area contributed by atoms with Gasteiger partial charge in [0.15, 0.2) is 11.5 Å². The molecule has 0 fully saturated rings. The number of carbonyl (C=O) groups is 2. The number of rotatable bonds is 6. The highest BCUT2D eigenvalue weighted by molar-refractivity contribution is 5.92. The molecule has 136 valence electrons. The van der Waals surface area contributed by atoms with Crippen molar-refractivity contribution in [2.24, 2.45) is 0 Å². The molecule has 1 aliphatic heterocycles. The molecular formula is C19H19FN2O4. The standard InChI is InChI=1S/C19H19FN2O4/c1-13(23)22(15-6-7-17-18(10-15)26-12-25-17)9-8-19(24)21-11-14-4-2-3-5-16(14)20/h2-7,10H,8-9,11-12H2,1H3,(H,21,24). The average molecular weight is 358 g/mol. The topological polar surface area (TPSA) is 67.9 Å². The molecule has 7 heteroatoms. The van der Waals surface area contributed by atoms with Gasteiger partial charge in [-0.15, -0.1) is 0 Å². The molecule has 0 saturated carbocycles. The molecule has 6 nitrogen and oxygen atoms in total. The fourth-order valence-electron chi connectivity index (χ4n) is 2.66. The molecule has 0 aromatic heterocycles. The van der Waals surface area contributed by atoms with E-state index in [-0.39, 0.29) is 43.9 Å². The lowest BCUT2D eigenvalue weighted by Gasteiger charge is -2.21. The Morgan fingerprint density at radius 2 is 1.92 bits per heavy atom. The summed E-state index contributed by atoms with van der Waals surface area (Å²) in [5, 5.41) is 2.67. The van der Waals surface area contributed by atoms with E-state index in [1.165, 1.54) is 17.9 Å². The van der Waals surface area contributed by atoms with E-state index in [9.17, 15) is 14.0 Å². The quantitative estimate of drug-likeness (QED) is 0.862. The number of ether oxygens (including phenoxy) is 2. The lowest BCUT2D eigenvalue weighted by Crippen LogP contribution is -2.33. The van der Waals surface area contributed by atoms with Gasteiger partial charge in [0.25, 0.3) is 0 Å². The first kappa shape index (κ1) is 17.7. The number of hydrogen-bond acceptors (Lipinski definition) is 4. The Kier molecular flexibility index (Phi) is 5.36. The van der Waals surface area contributed by atoms with Gasteiger partial charge >= 0.3 is 0 Å². The highest BCUT2D eigenvalue weighted by atomic mass is 19.1. The van der Waals surface area contributed by atoms with Crippen LogP contribution in [0.25, 0.3) is 0 Å². The summed E-state index contributed by atoms with van der Waals surface area (Å²) in [5.74, 6) is 0.377. The summed E-state index contributed by atoms with van der Waals surface area (Å²) < 4.78 is 24.1. The molecule has 2 aromatic rings. The van der Waals surface area contributed by atoms with E-state index in [1.54, 1.807) is 36.4 Å². The maximum absolute atomic E-state index is 13.6. The highest BCUT2D eigenvalue weighted by Gasteiger charge is 2.19. The summed E-state index contributed by atoms with van der Waals surface area (Å²) in [6.07, 6.45) is 0.0997. The minimum absolute atomic E-state index is 0.0997.